The van der Waals surface area contributed by atoms with Crippen LogP contribution in [-0.4, -0.2) is 19.3 Å². The molecular weight excluding hydrogens is 354 g/mol. The fourth-order valence-electron chi connectivity index (χ4n) is 2.36. The molecule has 1 N–H and O–H groups in total. The van der Waals surface area contributed by atoms with Crippen molar-refractivity contribution < 1.29 is 14.4 Å². The third-order valence-electron chi connectivity index (χ3n) is 3.27. The summed E-state index contributed by atoms with van der Waals surface area (Å²) in [5, 5.41) is 10.1. The molecule has 0 amide bonds. The number of fused-ring (bicyclic) bond motifs is 1. The first kappa shape index (κ1) is 13.0. The van der Waals surface area contributed by atoms with Gasteiger partial charge in [-0.1, -0.05) is 30.3 Å². The Morgan fingerprint density at radius 1 is 1.26 bits per heavy atom. The van der Waals surface area contributed by atoms with Gasteiger partial charge >= 0.3 is 7.12 Å². The lowest BCUT2D eigenvalue weighted by Crippen LogP contribution is -2.30. The Morgan fingerprint density at radius 2 is 2.00 bits per heavy atom. The smallest absolute Gasteiger partial charge is 0.493 e. The topological polar surface area (TPSA) is 38.7 Å². The van der Waals surface area contributed by atoms with E-state index in [0.717, 1.165) is 25.9 Å². The number of ether oxygens (including phenoxy) is 1. The predicted molar refractivity (Wildman–Crippen MR) is 82.7 cm³/mol. The summed E-state index contributed by atoms with van der Waals surface area (Å²) < 4.78 is 11.9. The van der Waals surface area contributed by atoms with Crippen molar-refractivity contribution in [3.05, 3.63) is 57.2 Å². The molecule has 1 atom stereocenters. The summed E-state index contributed by atoms with van der Waals surface area (Å²) in [6, 6.07) is 13.7. The third-order valence-corrected chi connectivity index (χ3v) is 4.16. The summed E-state index contributed by atoms with van der Waals surface area (Å²) in [5.41, 5.74) is 2.85. The first-order valence-electron chi connectivity index (χ1n) is 5.96. The summed E-state index contributed by atoms with van der Waals surface area (Å²) in [6.07, 6.45) is -0.241. The van der Waals surface area contributed by atoms with E-state index in [1.807, 2.05) is 42.5 Å². The quantitative estimate of drug-likeness (QED) is 0.654. The number of rotatable bonds is 2. The molecule has 1 aliphatic heterocycles. The van der Waals surface area contributed by atoms with Gasteiger partial charge in [-0.2, -0.15) is 0 Å². The predicted octanol–water partition coefficient (Wildman–Crippen LogP) is 2.11. The highest BCUT2D eigenvalue weighted by molar-refractivity contribution is 14.1. The first-order chi connectivity index (χ1) is 9.20. The van der Waals surface area contributed by atoms with Gasteiger partial charge in [0.1, 0.15) is 5.75 Å². The first-order valence-corrected chi connectivity index (χ1v) is 7.04. The molecule has 0 saturated carbocycles. The monoisotopic (exact) mass is 366 g/mol. The minimum atomic E-state index is -0.877. The largest absolute Gasteiger partial charge is 0.497 e. The van der Waals surface area contributed by atoms with Crippen molar-refractivity contribution >= 4 is 35.2 Å². The van der Waals surface area contributed by atoms with Crippen LogP contribution in [-0.2, 0) is 4.65 Å². The molecule has 3 nitrogen and oxygen atoms in total. The molecular formula is C14H12BIO3. The summed E-state index contributed by atoms with van der Waals surface area (Å²) in [5.74, 6) is 0.779. The van der Waals surface area contributed by atoms with Gasteiger partial charge in [0.2, 0.25) is 0 Å². The number of benzene rings is 2. The van der Waals surface area contributed by atoms with Gasteiger partial charge in [0.15, 0.2) is 0 Å². The second-order valence-corrected chi connectivity index (χ2v) is 5.55. The molecule has 0 aliphatic carbocycles. The summed E-state index contributed by atoms with van der Waals surface area (Å²) in [4.78, 5) is 0. The lowest BCUT2D eigenvalue weighted by atomic mass is 9.79. The zero-order valence-corrected chi connectivity index (χ0v) is 12.5. The van der Waals surface area contributed by atoms with E-state index in [0.29, 0.717) is 0 Å². The maximum atomic E-state index is 10.1. The molecule has 0 spiro atoms. The molecule has 3 rings (SSSR count). The minimum Gasteiger partial charge on any atom is -0.497 e. The van der Waals surface area contributed by atoms with Crippen molar-refractivity contribution in [1.29, 1.82) is 0 Å². The fraction of sp³-hybridized carbons (Fsp3) is 0.143. The highest BCUT2D eigenvalue weighted by Gasteiger charge is 2.38. The summed E-state index contributed by atoms with van der Waals surface area (Å²) >= 11 is 2.20. The van der Waals surface area contributed by atoms with Crippen LogP contribution in [0.3, 0.4) is 0 Å². The maximum absolute atomic E-state index is 10.1. The van der Waals surface area contributed by atoms with Crippen molar-refractivity contribution in [2.24, 2.45) is 0 Å². The van der Waals surface area contributed by atoms with E-state index in [9.17, 15) is 5.02 Å². The summed E-state index contributed by atoms with van der Waals surface area (Å²) in [7, 11) is 0.764. The third kappa shape index (κ3) is 2.26. The second kappa shape index (κ2) is 5.15. The molecule has 0 bridgehead atoms. The standard InChI is InChI=1S/C14H12BIO3/c1-18-10-7-11-13(12(16)8-10)15(17)19-14(11)9-5-3-2-4-6-9/h2-8,14,17H,1H3. The van der Waals surface area contributed by atoms with Crippen LogP contribution in [0.5, 0.6) is 5.75 Å². The zero-order valence-electron chi connectivity index (χ0n) is 10.3. The molecule has 0 radical (unpaired) electrons. The Bertz CT molecular complexity index is 603. The number of hydrogen-bond donors (Lipinski definition) is 1. The van der Waals surface area contributed by atoms with Crippen molar-refractivity contribution in [1.82, 2.24) is 0 Å². The Morgan fingerprint density at radius 3 is 2.68 bits per heavy atom. The van der Waals surface area contributed by atoms with Crippen LogP contribution in [0.4, 0.5) is 0 Å². The van der Waals surface area contributed by atoms with Gasteiger partial charge in [0.25, 0.3) is 0 Å². The van der Waals surface area contributed by atoms with Crippen LogP contribution in [0.15, 0.2) is 42.5 Å². The minimum absolute atomic E-state index is 0.241. The van der Waals surface area contributed by atoms with Crippen LogP contribution in [0.25, 0.3) is 0 Å². The van der Waals surface area contributed by atoms with Crippen LogP contribution in [0.1, 0.15) is 17.2 Å². The van der Waals surface area contributed by atoms with Crippen LogP contribution >= 0.6 is 22.6 Å². The molecule has 1 aliphatic rings. The number of halogens is 1. The Hall–Kier alpha value is -1.05. The lowest BCUT2D eigenvalue weighted by Gasteiger charge is -2.13. The molecule has 1 unspecified atom stereocenters. The van der Waals surface area contributed by atoms with Gasteiger partial charge in [0.05, 0.1) is 13.2 Å². The highest BCUT2D eigenvalue weighted by Crippen LogP contribution is 2.34. The molecule has 0 fully saturated rings. The average molecular weight is 366 g/mol. The lowest BCUT2D eigenvalue weighted by molar-refractivity contribution is 0.226. The Kier molecular flexibility index (Phi) is 3.51. The SMILES string of the molecule is COc1cc(I)c2c(c1)C(c1ccccc1)OB2O. The number of methoxy groups -OCH3 is 1. The fourth-order valence-corrected chi connectivity index (χ4v) is 3.25. The summed E-state index contributed by atoms with van der Waals surface area (Å²) in [6.45, 7) is 0. The van der Waals surface area contributed by atoms with Crippen molar-refractivity contribution in [3.63, 3.8) is 0 Å². The van der Waals surface area contributed by atoms with Gasteiger partial charge in [0, 0.05) is 9.03 Å². The Balaban J connectivity index is 2.13. The molecule has 5 heteroatoms. The van der Waals surface area contributed by atoms with E-state index in [4.69, 9.17) is 9.39 Å². The van der Waals surface area contributed by atoms with Gasteiger partial charge in [-0.05, 0) is 45.9 Å². The van der Waals surface area contributed by atoms with E-state index >= 15 is 0 Å². The maximum Gasteiger partial charge on any atom is 0.493 e. The van der Waals surface area contributed by atoms with Crippen LogP contribution in [0, 0.1) is 3.57 Å². The average Bonchev–Trinajstić information content (AvgIpc) is 2.77. The molecule has 1 heterocycles. The van der Waals surface area contributed by atoms with Crippen LogP contribution in [0.2, 0.25) is 0 Å². The molecule has 96 valence electrons. The van der Waals surface area contributed by atoms with E-state index in [2.05, 4.69) is 22.6 Å². The molecule has 19 heavy (non-hydrogen) atoms. The van der Waals surface area contributed by atoms with Crippen LogP contribution < -0.4 is 10.2 Å². The van der Waals surface area contributed by atoms with E-state index < -0.39 is 7.12 Å². The van der Waals surface area contributed by atoms with Gasteiger partial charge in [-0.3, -0.25) is 0 Å². The van der Waals surface area contributed by atoms with Gasteiger partial charge < -0.3 is 14.4 Å². The van der Waals surface area contributed by atoms with Gasteiger partial charge in [-0.15, -0.1) is 0 Å². The highest BCUT2D eigenvalue weighted by atomic mass is 127. The van der Waals surface area contributed by atoms with E-state index in [1.54, 1.807) is 7.11 Å². The normalized spacial score (nSPS) is 17.4. The molecule has 0 saturated heterocycles. The molecule has 2 aromatic rings. The van der Waals surface area contributed by atoms with E-state index in [-0.39, 0.29) is 6.10 Å². The number of hydrogen-bond acceptors (Lipinski definition) is 3. The van der Waals surface area contributed by atoms with Crippen molar-refractivity contribution in [2.45, 2.75) is 6.10 Å². The van der Waals surface area contributed by atoms with E-state index in [1.165, 1.54) is 0 Å². The second-order valence-electron chi connectivity index (χ2n) is 4.39. The zero-order chi connectivity index (χ0) is 13.4. The van der Waals surface area contributed by atoms with Crippen molar-refractivity contribution in [2.75, 3.05) is 7.11 Å². The Labute approximate surface area is 125 Å². The molecule has 0 aromatic heterocycles. The molecule has 2 aromatic carbocycles. The van der Waals surface area contributed by atoms with Crippen molar-refractivity contribution in [3.8, 4) is 5.75 Å². The van der Waals surface area contributed by atoms with Gasteiger partial charge in [-0.25, -0.2) is 0 Å².